The molecule has 3 aromatic rings. The van der Waals surface area contributed by atoms with Crippen molar-refractivity contribution >= 4 is 23.1 Å². The van der Waals surface area contributed by atoms with Crippen LogP contribution in [0.5, 0.6) is 0 Å². The summed E-state index contributed by atoms with van der Waals surface area (Å²) in [6.45, 7) is 5.47. The molecule has 2 aromatic carbocycles. The van der Waals surface area contributed by atoms with Crippen LogP contribution in [-0.2, 0) is 24.2 Å². The second kappa shape index (κ2) is 11.3. The van der Waals surface area contributed by atoms with E-state index in [9.17, 15) is 4.79 Å². The molecule has 1 amide bonds. The summed E-state index contributed by atoms with van der Waals surface area (Å²) < 4.78 is 5.38. The van der Waals surface area contributed by atoms with E-state index in [1.165, 1.54) is 11.1 Å². The first-order chi connectivity index (χ1) is 16.0. The van der Waals surface area contributed by atoms with E-state index in [2.05, 4.69) is 57.6 Å². The highest BCUT2D eigenvalue weighted by atomic mass is 35.5. The van der Waals surface area contributed by atoms with Gasteiger partial charge in [-0.1, -0.05) is 64.8 Å². The third kappa shape index (κ3) is 7.01. The van der Waals surface area contributed by atoms with Gasteiger partial charge in [0.1, 0.15) is 0 Å². The molecule has 0 aliphatic carbocycles. The quantitative estimate of drug-likeness (QED) is 0.500. The summed E-state index contributed by atoms with van der Waals surface area (Å²) in [5, 5.41) is 7.78. The van der Waals surface area contributed by atoms with Gasteiger partial charge >= 0.3 is 0 Å². The molecule has 0 atom stereocenters. The van der Waals surface area contributed by atoms with Crippen molar-refractivity contribution in [2.24, 2.45) is 0 Å². The molecule has 1 aliphatic rings. The van der Waals surface area contributed by atoms with Gasteiger partial charge in [-0.2, -0.15) is 4.98 Å². The molecule has 1 aromatic heterocycles. The molecule has 0 fully saturated rings. The minimum Gasteiger partial charge on any atom is -0.356 e. The highest BCUT2D eigenvalue weighted by Gasteiger charge is 2.18. The standard InChI is InChI=1S/C26H29ClN4O2/c1-19-3-2-4-21(17-19)18-31-15-12-22(13-16-31)26-29-25(33-30-26)10-9-24(32)28-14-11-20-5-7-23(27)8-6-20/h2-8,12,17H,9-11,13-16,18H2,1H3,(H,28,32). The number of benzene rings is 2. The topological polar surface area (TPSA) is 71.3 Å². The Morgan fingerprint density at radius 1 is 1.15 bits per heavy atom. The largest absolute Gasteiger partial charge is 0.356 e. The second-order valence-electron chi connectivity index (χ2n) is 8.44. The van der Waals surface area contributed by atoms with Gasteiger partial charge in [0.15, 0.2) is 5.82 Å². The van der Waals surface area contributed by atoms with Crippen LogP contribution in [0.4, 0.5) is 0 Å². The molecule has 172 valence electrons. The second-order valence-corrected chi connectivity index (χ2v) is 8.88. The monoisotopic (exact) mass is 464 g/mol. The van der Waals surface area contributed by atoms with E-state index < -0.39 is 0 Å². The number of hydrogen-bond acceptors (Lipinski definition) is 5. The lowest BCUT2D eigenvalue weighted by Gasteiger charge is -2.25. The maximum atomic E-state index is 12.1. The molecule has 0 saturated heterocycles. The number of amides is 1. The van der Waals surface area contributed by atoms with Gasteiger partial charge in [-0.25, -0.2) is 0 Å². The highest BCUT2D eigenvalue weighted by Crippen LogP contribution is 2.21. The zero-order chi connectivity index (χ0) is 23.0. The normalized spacial score (nSPS) is 14.2. The van der Waals surface area contributed by atoms with Crippen molar-refractivity contribution in [3.63, 3.8) is 0 Å². The van der Waals surface area contributed by atoms with Gasteiger partial charge in [0.25, 0.3) is 0 Å². The summed E-state index contributed by atoms with van der Waals surface area (Å²) in [7, 11) is 0. The Kier molecular flexibility index (Phi) is 7.92. The van der Waals surface area contributed by atoms with Gasteiger partial charge < -0.3 is 9.84 Å². The summed E-state index contributed by atoms with van der Waals surface area (Å²) in [4.78, 5) is 19.1. The first kappa shape index (κ1) is 23.2. The van der Waals surface area contributed by atoms with Crippen LogP contribution in [0.15, 0.2) is 59.1 Å². The van der Waals surface area contributed by atoms with Crippen LogP contribution < -0.4 is 5.32 Å². The van der Waals surface area contributed by atoms with Crippen LogP contribution in [0.3, 0.4) is 0 Å². The van der Waals surface area contributed by atoms with Crippen LogP contribution in [0, 0.1) is 6.92 Å². The molecule has 2 heterocycles. The van der Waals surface area contributed by atoms with Crippen molar-refractivity contribution < 1.29 is 9.32 Å². The predicted molar refractivity (Wildman–Crippen MR) is 130 cm³/mol. The van der Waals surface area contributed by atoms with Crippen molar-refractivity contribution in [1.29, 1.82) is 0 Å². The lowest BCUT2D eigenvalue weighted by Crippen LogP contribution is -2.28. The number of nitrogens with zero attached hydrogens (tertiary/aromatic N) is 3. The molecule has 1 aliphatic heterocycles. The highest BCUT2D eigenvalue weighted by molar-refractivity contribution is 6.30. The molecule has 1 N–H and O–H groups in total. The van der Waals surface area contributed by atoms with Crippen LogP contribution >= 0.6 is 11.6 Å². The molecule has 0 radical (unpaired) electrons. The fourth-order valence-corrected chi connectivity index (χ4v) is 4.05. The summed E-state index contributed by atoms with van der Waals surface area (Å²) in [5.74, 6) is 1.12. The maximum Gasteiger partial charge on any atom is 0.227 e. The Morgan fingerprint density at radius 3 is 2.76 bits per heavy atom. The van der Waals surface area contributed by atoms with E-state index >= 15 is 0 Å². The molecule has 6 nitrogen and oxygen atoms in total. The number of carbonyl (C=O) groups excluding carboxylic acids is 1. The number of carbonyl (C=O) groups is 1. The molecular formula is C26H29ClN4O2. The first-order valence-corrected chi connectivity index (χ1v) is 11.7. The van der Waals surface area contributed by atoms with Crippen molar-refractivity contribution in [2.45, 2.75) is 39.2 Å². The van der Waals surface area contributed by atoms with Crippen LogP contribution in [-0.4, -0.2) is 40.6 Å². The van der Waals surface area contributed by atoms with E-state index in [4.69, 9.17) is 16.1 Å². The molecule has 0 unspecified atom stereocenters. The molecular weight excluding hydrogens is 436 g/mol. The van der Waals surface area contributed by atoms with Gasteiger partial charge in [0.2, 0.25) is 11.8 Å². The Morgan fingerprint density at radius 2 is 2.00 bits per heavy atom. The number of halogens is 1. The van der Waals surface area contributed by atoms with Crippen molar-refractivity contribution in [2.75, 3.05) is 19.6 Å². The fraction of sp³-hybridized carbons (Fsp3) is 0.346. The van der Waals surface area contributed by atoms with E-state index in [1.54, 1.807) is 0 Å². The fourth-order valence-electron chi connectivity index (χ4n) is 3.92. The predicted octanol–water partition coefficient (Wildman–Crippen LogP) is 4.61. The summed E-state index contributed by atoms with van der Waals surface area (Å²) in [5.41, 5.74) is 4.87. The van der Waals surface area contributed by atoms with Crippen molar-refractivity contribution in [3.05, 3.63) is 88.0 Å². The molecule has 0 spiro atoms. The number of aryl methyl sites for hydroxylation is 2. The summed E-state index contributed by atoms with van der Waals surface area (Å²) in [6.07, 6.45) is 4.59. The zero-order valence-corrected chi connectivity index (χ0v) is 19.6. The Bertz CT molecular complexity index is 1110. The van der Waals surface area contributed by atoms with Crippen molar-refractivity contribution in [3.8, 4) is 0 Å². The zero-order valence-electron chi connectivity index (χ0n) is 18.9. The van der Waals surface area contributed by atoms with Crippen LogP contribution in [0.1, 0.15) is 41.2 Å². The van der Waals surface area contributed by atoms with Gasteiger partial charge in [-0.3, -0.25) is 9.69 Å². The number of aromatic nitrogens is 2. The lowest BCUT2D eigenvalue weighted by molar-refractivity contribution is -0.121. The maximum absolute atomic E-state index is 12.1. The molecule has 0 bridgehead atoms. The average Bonchev–Trinajstić information content (AvgIpc) is 3.29. The minimum atomic E-state index is -0.0209. The smallest absolute Gasteiger partial charge is 0.227 e. The van der Waals surface area contributed by atoms with E-state index in [0.29, 0.717) is 36.1 Å². The summed E-state index contributed by atoms with van der Waals surface area (Å²) >= 11 is 5.89. The number of nitrogens with one attached hydrogen (secondary N) is 1. The van der Waals surface area contributed by atoms with Crippen LogP contribution in [0.2, 0.25) is 5.02 Å². The van der Waals surface area contributed by atoms with E-state index in [-0.39, 0.29) is 5.91 Å². The minimum absolute atomic E-state index is 0.0209. The Hall–Kier alpha value is -2.96. The van der Waals surface area contributed by atoms with E-state index in [1.807, 2.05) is 24.3 Å². The SMILES string of the molecule is Cc1cccc(CN2CC=C(c3noc(CCC(=O)NCCc4ccc(Cl)cc4)n3)CC2)c1. The molecule has 7 heteroatoms. The van der Waals surface area contributed by atoms with Crippen LogP contribution in [0.25, 0.3) is 5.57 Å². The third-order valence-electron chi connectivity index (χ3n) is 5.75. The van der Waals surface area contributed by atoms with Gasteiger partial charge in [-0.05, 0) is 48.6 Å². The third-order valence-corrected chi connectivity index (χ3v) is 6.00. The average molecular weight is 465 g/mol. The summed E-state index contributed by atoms with van der Waals surface area (Å²) in [6, 6.07) is 16.3. The Balaban J connectivity index is 1.20. The van der Waals surface area contributed by atoms with E-state index in [0.717, 1.165) is 43.6 Å². The lowest BCUT2D eigenvalue weighted by atomic mass is 10.1. The molecule has 33 heavy (non-hydrogen) atoms. The van der Waals surface area contributed by atoms with Gasteiger partial charge in [0.05, 0.1) is 0 Å². The number of hydrogen-bond donors (Lipinski definition) is 1. The Labute approximate surface area is 199 Å². The van der Waals surface area contributed by atoms with Gasteiger partial charge in [0, 0.05) is 44.0 Å². The van der Waals surface area contributed by atoms with Crippen molar-refractivity contribution in [1.82, 2.24) is 20.4 Å². The first-order valence-electron chi connectivity index (χ1n) is 11.4. The molecule has 0 saturated carbocycles. The number of rotatable bonds is 9. The van der Waals surface area contributed by atoms with Gasteiger partial charge in [-0.15, -0.1) is 0 Å². The molecule has 4 rings (SSSR count).